The zero-order valence-corrected chi connectivity index (χ0v) is 12.8. The van der Waals surface area contributed by atoms with Crippen molar-refractivity contribution in [1.82, 2.24) is 10.2 Å². The maximum atomic E-state index is 12.2. The predicted octanol–water partition coefficient (Wildman–Crippen LogP) is 2.85. The van der Waals surface area contributed by atoms with Gasteiger partial charge in [0.2, 0.25) is 0 Å². The van der Waals surface area contributed by atoms with Gasteiger partial charge in [0.25, 0.3) is 0 Å². The summed E-state index contributed by atoms with van der Waals surface area (Å²) < 4.78 is 0. The minimum absolute atomic E-state index is 0.112. The third kappa shape index (κ3) is 4.39. The standard InChI is InChI=1S/C15H28N2O3/c1-3-15(4-2,13(18)19)12-16-14(20)17-10-8-6-5-7-9-11-17/h3-12H2,1-2H3,(H,16,20)(H,18,19). The molecule has 2 N–H and O–H groups in total. The molecule has 116 valence electrons. The first kappa shape index (κ1) is 16.8. The molecule has 0 aromatic rings. The van der Waals surface area contributed by atoms with Gasteiger partial charge in [-0.05, 0) is 25.7 Å². The molecule has 20 heavy (non-hydrogen) atoms. The van der Waals surface area contributed by atoms with Gasteiger partial charge in [0.05, 0.1) is 5.41 Å². The molecule has 1 fully saturated rings. The molecule has 0 unspecified atom stereocenters. The smallest absolute Gasteiger partial charge is 0.317 e. The van der Waals surface area contributed by atoms with E-state index in [9.17, 15) is 14.7 Å². The molecule has 0 saturated carbocycles. The second-order valence-electron chi connectivity index (χ2n) is 5.71. The number of nitrogens with zero attached hydrogens (tertiary/aromatic N) is 1. The first-order valence-corrected chi connectivity index (χ1v) is 7.82. The van der Waals surface area contributed by atoms with Crippen LogP contribution in [-0.4, -0.2) is 41.6 Å². The van der Waals surface area contributed by atoms with Crippen LogP contribution in [-0.2, 0) is 4.79 Å². The van der Waals surface area contributed by atoms with Crippen LogP contribution in [0.1, 0.15) is 58.8 Å². The normalized spacial score (nSPS) is 17.2. The molecule has 1 aliphatic rings. The van der Waals surface area contributed by atoms with Crippen molar-refractivity contribution in [3.05, 3.63) is 0 Å². The molecule has 0 aliphatic carbocycles. The van der Waals surface area contributed by atoms with E-state index < -0.39 is 11.4 Å². The lowest BCUT2D eigenvalue weighted by Crippen LogP contribution is -2.48. The van der Waals surface area contributed by atoms with E-state index >= 15 is 0 Å². The Kier molecular flexibility index (Phi) is 6.82. The average molecular weight is 284 g/mol. The monoisotopic (exact) mass is 284 g/mol. The van der Waals surface area contributed by atoms with Crippen LogP contribution in [0.5, 0.6) is 0 Å². The molecular formula is C15H28N2O3. The molecule has 0 spiro atoms. The van der Waals surface area contributed by atoms with E-state index in [1.54, 1.807) is 0 Å². The number of carboxylic acid groups (broad SMARTS) is 1. The summed E-state index contributed by atoms with van der Waals surface area (Å²) in [6, 6.07) is -0.112. The average Bonchev–Trinajstić information content (AvgIpc) is 2.39. The van der Waals surface area contributed by atoms with Gasteiger partial charge in [0.1, 0.15) is 0 Å². The number of aliphatic carboxylic acids is 1. The quantitative estimate of drug-likeness (QED) is 0.815. The van der Waals surface area contributed by atoms with E-state index in [-0.39, 0.29) is 12.6 Å². The van der Waals surface area contributed by atoms with Crippen LogP contribution in [0.15, 0.2) is 0 Å². The van der Waals surface area contributed by atoms with E-state index in [1.807, 2.05) is 18.7 Å². The van der Waals surface area contributed by atoms with E-state index in [1.165, 1.54) is 19.3 Å². The zero-order chi connectivity index (χ0) is 15.0. The van der Waals surface area contributed by atoms with Crippen LogP contribution >= 0.6 is 0 Å². The van der Waals surface area contributed by atoms with Gasteiger partial charge >= 0.3 is 12.0 Å². The summed E-state index contributed by atoms with van der Waals surface area (Å²) in [6.45, 7) is 5.50. The number of urea groups is 1. The van der Waals surface area contributed by atoms with Crippen LogP contribution in [0.3, 0.4) is 0 Å². The van der Waals surface area contributed by atoms with Crippen molar-refractivity contribution >= 4 is 12.0 Å². The Balaban J connectivity index is 2.53. The first-order valence-electron chi connectivity index (χ1n) is 7.82. The SMILES string of the molecule is CCC(CC)(CNC(=O)N1CCCCCCC1)C(=O)O. The predicted molar refractivity (Wildman–Crippen MR) is 78.7 cm³/mol. The summed E-state index contributed by atoms with van der Waals surface area (Å²) in [6.07, 6.45) is 6.74. The largest absolute Gasteiger partial charge is 0.481 e. The summed E-state index contributed by atoms with van der Waals surface area (Å²) in [5, 5.41) is 12.2. The highest BCUT2D eigenvalue weighted by atomic mass is 16.4. The van der Waals surface area contributed by atoms with Gasteiger partial charge in [-0.1, -0.05) is 33.1 Å². The summed E-state index contributed by atoms with van der Waals surface area (Å²) in [5.74, 6) is -0.824. The molecule has 5 nitrogen and oxygen atoms in total. The second-order valence-corrected chi connectivity index (χ2v) is 5.71. The number of likely N-dealkylation sites (tertiary alicyclic amines) is 1. The molecule has 5 heteroatoms. The van der Waals surface area contributed by atoms with Crippen LogP contribution in [0.4, 0.5) is 4.79 Å². The number of nitrogens with one attached hydrogen (secondary N) is 1. The lowest BCUT2D eigenvalue weighted by molar-refractivity contribution is -0.149. The number of hydrogen-bond donors (Lipinski definition) is 2. The number of carboxylic acids is 1. The van der Waals surface area contributed by atoms with Crippen LogP contribution in [0.2, 0.25) is 0 Å². The lowest BCUT2D eigenvalue weighted by Gasteiger charge is -2.30. The first-order chi connectivity index (χ1) is 9.55. The number of carbonyl (C=O) groups excluding carboxylic acids is 1. The summed E-state index contributed by atoms with van der Waals surface area (Å²) >= 11 is 0. The maximum Gasteiger partial charge on any atom is 0.317 e. The van der Waals surface area contributed by atoms with Crippen molar-refractivity contribution in [3.63, 3.8) is 0 Å². The van der Waals surface area contributed by atoms with Crippen LogP contribution in [0, 0.1) is 5.41 Å². The third-order valence-corrected chi connectivity index (χ3v) is 4.53. The summed E-state index contributed by atoms with van der Waals surface area (Å²) in [5.41, 5.74) is -0.835. The van der Waals surface area contributed by atoms with Gasteiger partial charge in [-0.2, -0.15) is 0 Å². The van der Waals surface area contributed by atoms with Gasteiger partial charge in [-0.15, -0.1) is 0 Å². The van der Waals surface area contributed by atoms with Crippen molar-refractivity contribution in [2.45, 2.75) is 58.8 Å². The topological polar surface area (TPSA) is 69.6 Å². The van der Waals surface area contributed by atoms with E-state index in [0.717, 1.165) is 25.9 Å². The molecule has 1 aliphatic heterocycles. The third-order valence-electron chi connectivity index (χ3n) is 4.53. The van der Waals surface area contributed by atoms with E-state index in [2.05, 4.69) is 5.32 Å². The van der Waals surface area contributed by atoms with Crippen molar-refractivity contribution in [2.75, 3.05) is 19.6 Å². The number of carbonyl (C=O) groups is 2. The molecule has 1 saturated heterocycles. The fourth-order valence-corrected chi connectivity index (χ4v) is 2.69. The Morgan fingerprint density at radius 1 is 1.05 bits per heavy atom. The van der Waals surface area contributed by atoms with Gasteiger partial charge in [-0.25, -0.2) is 4.79 Å². The van der Waals surface area contributed by atoms with E-state index in [4.69, 9.17) is 0 Å². The van der Waals surface area contributed by atoms with Gasteiger partial charge in [-0.3, -0.25) is 4.79 Å². The van der Waals surface area contributed by atoms with Gasteiger partial charge in [0.15, 0.2) is 0 Å². The second kappa shape index (κ2) is 8.12. The molecule has 0 radical (unpaired) electrons. The lowest BCUT2D eigenvalue weighted by atomic mass is 9.82. The minimum Gasteiger partial charge on any atom is -0.481 e. The maximum absolute atomic E-state index is 12.2. The highest BCUT2D eigenvalue weighted by Crippen LogP contribution is 2.25. The molecular weight excluding hydrogens is 256 g/mol. The summed E-state index contributed by atoms with van der Waals surface area (Å²) in [4.78, 5) is 25.4. The number of hydrogen-bond acceptors (Lipinski definition) is 2. The Morgan fingerprint density at radius 3 is 2.00 bits per heavy atom. The minimum atomic E-state index is -0.835. The molecule has 0 aromatic carbocycles. The van der Waals surface area contributed by atoms with Crippen molar-refractivity contribution < 1.29 is 14.7 Å². The van der Waals surface area contributed by atoms with Crippen molar-refractivity contribution in [3.8, 4) is 0 Å². The molecule has 0 aromatic heterocycles. The van der Waals surface area contributed by atoms with Gasteiger partial charge < -0.3 is 15.3 Å². The molecule has 2 amide bonds. The Morgan fingerprint density at radius 2 is 1.55 bits per heavy atom. The van der Waals surface area contributed by atoms with Crippen LogP contribution in [0.25, 0.3) is 0 Å². The van der Waals surface area contributed by atoms with Crippen LogP contribution < -0.4 is 5.32 Å². The Hall–Kier alpha value is -1.26. The highest BCUT2D eigenvalue weighted by Gasteiger charge is 2.35. The van der Waals surface area contributed by atoms with Crippen molar-refractivity contribution in [1.29, 1.82) is 0 Å². The Bertz CT molecular complexity index is 319. The number of amides is 2. The molecule has 1 rings (SSSR count). The molecule has 0 bridgehead atoms. The Labute approximate surface area is 121 Å². The summed E-state index contributed by atoms with van der Waals surface area (Å²) in [7, 11) is 0. The van der Waals surface area contributed by atoms with E-state index in [0.29, 0.717) is 12.8 Å². The zero-order valence-electron chi connectivity index (χ0n) is 12.8. The molecule has 1 heterocycles. The highest BCUT2D eigenvalue weighted by molar-refractivity contribution is 5.78. The van der Waals surface area contributed by atoms with Gasteiger partial charge in [0, 0.05) is 19.6 Å². The number of rotatable bonds is 5. The fraction of sp³-hybridized carbons (Fsp3) is 0.867. The fourth-order valence-electron chi connectivity index (χ4n) is 2.69. The molecule has 0 atom stereocenters. The van der Waals surface area contributed by atoms with Crippen molar-refractivity contribution in [2.24, 2.45) is 5.41 Å².